The van der Waals surface area contributed by atoms with Crippen LogP contribution >= 0.6 is 23.3 Å². The molecular weight excluding hydrogens is 276 g/mol. The smallest absolute Gasteiger partial charge is 0.407 e. The van der Waals surface area contributed by atoms with Gasteiger partial charge in [-0.1, -0.05) is 11.6 Å². The molecular formula is C10H17ClN4O2S. The SMILES string of the molecule is CC(C)(C)OC(=O)NCCCNc1nsnc1Cl. The van der Waals surface area contributed by atoms with Crippen molar-refractivity contribution in [2.24, 2.45) is 0 Å². The number of hydrogen-bond acceptors (Lipinski definition) is 6. The summed E-state index contributed by atoms with van der Waals surface area (Å²) in [5.74, 6) is 0.582. The lowest BCUT2D eigenvalue weighted by molar-refractivity contribution is 0.0528. The van der Waals surface area contributed by atoms with Crippen LogP contribution < -0.4 is 10.6 Å². The highest BCUT2D eigenvalue weighted by Crippen LogP contribution is 2.17. The zero-order valence-corrected chi connectivity index (χ0v) is 12.2. The van der Waals surface area contributed by atoms with E-state index in [-0.39, 0.29) is 0 Å². The summed E-state index contributed by atoms with van der Waals surface area (Å²) in [4.78, 5) is 11.3. The Kier molecular flexibility index (Phi) is 5.61. The fourth-order valence-corrected chi connectivity index (χ4v) is 1.77. The molecule has 2 N–H and O–H groups in total. The monoisotopic (exact) mass is 292 g/mol. The van der Waals surface area contributed by atoms with E-state index in [1.54, 1.807) is 0 Å². The van der Waals surface area contributed by atoms with Crippen molar-refractivity contribution in [2.45, 2.75) is 32.8 Å². The van der Waals surface area contributed by atoms with E-state index in [0.29, 0.717) is 24.1 Å². The Hall–Kier alpha value is -1.08. The van der Waals surface area contributed by atoms with Crippen LogP contribution in [0, 0.1) is 0 Å². The summed E-state index contributed by atoms with van der Waals surface area (Å²) in [5, 5.41) is 6.07. The number of hydrogen-bond donors (Lipinski definition) is 2. The molecule has 8 heteroatoms. The first-order chi connectivity index (χ1) is 8.38. The second-order valence-electron chi connectivity index (χ2n) is 4.61. The topological polar surface area (TPSA) is 76.1 Å². The number of alkyl carbamates (subject to hydrolysis) is 1. The Morgan fingerprint density at radius 1 is 1.39 bits per heavy atom. The highest BCUT2D eigenvalue weighted by molar-refractivity contribution is 6.99. The Labute approximate surface area is 115 Å². The third-order valence-corrected chi connectivity index (χ3v) is 2.65. The molecule has 0 radical (unpaired) electrons. The average Bonchev–Trinajstić information content (AvgIpc) is 2.61. The van der Waals surface area contributed by atoms with Crippen LogP contribution in [0.25, 0.3) is 0 Å². The Morgan fingerprint density at radius 3 is 2.67 bits per heavy atom. The lowest BCUT2D eigenvalue weighted by atomic mass is 10.2. The maximum absolute atomic E-state index is 11.3. The summed E-state index contributed by atoms with van der Waals surface area (Å²) in [7, 11) is 0. The van der Waals surface area contributed by atoms with E-state index < -0.39 is 11.7 Å². The van der Waals surface area contributed by atoms with Gasteiger partial charge in [-0.3, -0.25) is 0 Å². The molecule has 0 saturated heterocycles. The number of nitrogens with one attached hydrogen (secondary N) is 2. The number of carbonyl (C=O) groups is 1. The minimum Gasteiger partial charge on any atom is -0.444 e. The van der Waals surface area contributed by atoms with Gasteiger partial charge < -0.3 is 15.4 Å². The molecule has 0 aliphatic heterocycles. The molecule has 0 aromatic carbocycles. The summed E-state index contributed by atoms with van der Waals surface area (Å²) in [6.45, 7) is 6.65. The fraction of sp³-hybridized carbons (Fsp3) is 0.700. The van der Waals surface area contributed by atoms with Crippen molar-refractivity contribution in [1.82, 2.24) is 14.1 Å². The molecule has 0 fully saturated rings. The second-order valence-corrected chi connectivity index (χ2v) is 5.50. The Balaban J connectivity index is 2.09. The van der Waals surface area contributed by atoms with Gasteiger partial charge in [0, 0.05) is 13.1 Å². The molecule has 0 spiro atoms. The summed E-state index contributed by atoms with van der Waals surface area (Å²) in [5.41, 5.74) is -0.470. The van der Waals surface area contributed by atoms with Gasteiger partial charge >= 0.3 is 6.09 Å². The molecule has 0 bridgehead atoms. The van der Waals surface area contributed by atoms with Gasteiger partial charge in [-0.2, -0.15) is 8.75 Å². The van der Waals surface area contributed by atoms with Crippen molar-refractivity contribution in [3.8, 4) is 0 Å². The average molecular weight is 293 g/mol. The standard InChI is InChI=1S/C10H17ClN4O2S/c1-10(2,3)17-9(16)13-6-4-5-12-8-7(11)14-18-15-8/h4-6H2,1-3H3,(H,12,15)(H,13,16). The normalized spacial score (nSPS) is 11.1. The number of halogens is 1. The molecule has 1 aromatic heterocycles. The van der Waals surface area contributed by atoms with Gasteiger partial charge in [0.15, 0.2) is 11.0 Å². The van der Waals surface area contributed by atoms with Gasteiger partial charge in [0.2, 0.25) is 0 Å². The molecule has 0 aliphatic rings. The van der Waals surface area contributed by atoms with Crippen LogP contribution in [0.4, 0.5) is 10.6 Å². The molecule has 1 amide bonds. The number of carbonyl (C=O) groups excluding carboxylic acids is 1. The predicted octanol–water partition coefficient (Wildman–Crippen LogP) is 2.52. The van der Waals surface area contributed by atoms with Crippen LogP contribution in [0.5, 0.6) is 0 Å². The van der Waals surface area contributed by atoms with Crippen molar-refractivity contribution in [2.75, 3.05) is 18.4 Å². The predicted molar refractivity (Wildman–Crippen MR) is 72.3 cm³/mol. The number of nitrogens with zero attached hydrogens (tertiary/aromatic N) is 2. The molecule has 18 heavy (non-hydrogen) atoms. The first kappa shape index (κ1) is 15.0. The van der Waals surface area contributed by atoms with Crippen LogP contribution in [-0.4, -0.2) is 33.5 Å². The van der Waals surface area contributed by atoms with Gasteiger partial charge in [-0.25, -0.2) is 4.79 Å². The van der Waals surface area contributed by atoms with E-state index in [2.05, 4.69) is 19.4 Å². The van der Waals surface area contributed by atoms with Crippen molar-refractivity contribution in [3.05, 3.63) is 5.15 Å². The van der Waals surface area contributed by atoms with Gasteiger partial charge in [0.25, 0.3) is 0 Å². The third-order valence-electron chi connectivity index (χ3n) is 1.76. The van der Waals surface area contributed by atoms with Crippen LogP contribution in [0.2, 0.25) is 5.15 Å². The van der Waals surface area contributed by atoms with E-state index in [1.165, 1.54) is 0 Å². The van der Waals surface area contributed by atoms with E-state index in [0.717, 1.165) is 18.1 Å². The summed E-state index contributed by atoms with van der Waals surface area (Å²) in [6, 6.07) is 0. The van der Waals surface area contributed by atoms with E-state index >= 15 is 0 Å². The molecule has 0 saturated carbocycles. The number of rotatable bonds is 5. The number of ether oxygens (including phenoxy) is 1. The largest absolute Gasteiger partial charge is 0.444 e. The molecule has 1 rings (SSSR count). The van der Waals surface area contributed by atoms with Crippen LogP contribution in [0.3, 0.4) is 0 Å². The summed E-state index contributed by atoms with van der Waals surface area (Å²) >= 11 is 6.82. The minimum atomic E-state index is -0.470. The molecule has 1 heterocycles. The van der Waals surface area contributed by atoms with Gasteiger partial charge in [0.05, 0.1) is 11.7 Å². The van der Waals surface area contributed by atoms with Crippen molar-refractivity contribution >= 4 is 35.2 Å². The zero-order valence-electron chi connectivity index (χ0n) is 10.6. The first-order valence-electron chi connectivity index (χ1n) is 5.57. The second kappa shape index (κ2) is 6.75. The fourth-order valence-electron chi connectivity index (χ4n) is 1.08. The number of anilines is 1. The van der Waals surface area contributed by atoms with Crippen LogP contribution in [0.1, 0.15) is 27.2 Å². The molecule has 6 nitrogen and oxygen atoms in total. The van der Waals surface area contributed by atoms with E-state index in [1.807, 2.05) is 20.8 Å². The Morgan fingerprint density at radius 2 is 2.11 bits per heavy atom. The lowest BCUT2D eigenvalue weighted by Crippen LogP contribution is -2.33. The first-order valence-corrected chi connectivity index (χ1v) is 6.68. The van der Waals surface area contributed by atoms with Crippen molar-refractivity contribution in [3.63, 3.8) is 0 Å². The van der Waals surface area contributed by atoms with E-state index in [4.69, 9.17) is 16.3 Å². The summed E-state index contributed by atoms with van der Waals surface area (Å²) in [6.07, 6.45) is 0.337. The molecule has 102 valence electrons. The number of amides is 1. The highest BCUT2D eigenvalue weighted by Gasteiger charge is 2.15. The molecule has 0 unspecified atom stereocenters. The summed E-state index contributed by atoms with van der Waals surface area (Å²) < 4.78 is 12.9. The number of aromatic nitrogens is 2. The quantitative estimate of drug-likeness (QED) is 0.816. The van der Waals surface area contributed by atoms with Crippen molar-refractivity contribution in [1.29, 1.82) is 0 Å². The zero-order chi connectivity index (χ0) is 13.6. The third kappa shape index (κ3) is 6.02. The van der Waals surface area contributed by atoms with Gasteiger partial charge in [-0.05, 0) is 27.2 Å². The van der Waals surface area contributed by atoms with Crippen molar-refractivity contribution < 1.29 is 9.53 Å². The van der Waals surface area contributed by atoms with Gasteiger partial charge in [-0.15, -0.1) is 0 Å². The molecule has 0 atom stereocenters. The minimum absolute atomic E-state index is 0.375. The lowest BCUT2D eigenvalue weighted by Gasteiger charge is -2.19. The highest BCUT2D eigenvalue weighted by atomic mass is 35.5. The molecule has 0 aliphatic carbocycles. The van der Waals surface area contributed by atoms with E-state index in [9.17, 15) is 4.79 Å². The van der Waals surface area contributed by atoms with Crippen LogP contribution in [0.15, 0.2) is 0 Å². The van der Waals surface area contributed by atoms with Gasteiger partial charge in [0.1, 0.15) is 5.60 Å². The Bertz CT molecular complexity index is 391. The maximum Gasteiger partial charge on any atom is 0.407 e. The molecule has 1 aromatic rings. The maximum atomic E-state index is 11.3. The van der Waals surface area contributed by atoms with Crippen LogP contribution in [-0.2, 0) is 4.74 Å².